The van der Waals surface area contributed by atoms with E-state index in [1.54, 1.807) is 6.92 Å². The number of carboxylic acid groups (broad SMARTS) is 1. The van der Waals surface area contributed by atoms with Crippen LogP contribution in [0.15, 0.2) is 48.5 Å². The molecule has 2 aromatic carbocycles. The molecule has 3 N–H and O–H groups in total. The van der Waals surface area contributed by atoms with Gasteiger partial charge in [-0.1, -0.05) is 48.5 Å². The molecular formula is C23H26N2O5. The molecule has 0 aliphatic heterocycles. The fraction of sp³-hybridized carbons (Fsp3) is 0.348. The predicted molar refractivity (Wildman–Crippen MR) is 112 cm³/mol. The smallest absolute Gasteiger partial charge is 0.407 e. The van der Waals surface area contributed by atoms with E-state index in [1.165, 1.54) is 0 Å². The summed E-state index contributed by atoms with van der Waals surface area (Å²) in [5.41, 5.74) is 4.55. The summed E-state index contributed by atoms with van der Waals surface area (Å²) >= 11 is 0. The molecule has 1 atom stereocenters. The zero-order valence-electron chi connectivity index (χ0n) is 16.9. The molecule has 2 amide bonds. The summed E-state index contributed by atoms with van der Waals surface area (Å²) in [7, 11) is 0. The molecule has 1 aliphatic carbocycles. The molecule has 7 nitrogen and oxygen atoms in total. The minimum absolute atomic E-state index is 0.0403. The highest BCUT2D eigenvalue weighted by atomic mass is 16.5. The van der Waals surface area contributed by atoms with E-state index in [-0.39, 0.29) is 24.9 Å². The van der Waals surface area contributed by atoms with Crippen molar-refractivity contribution in [3.05, 3.63) is 59.7 Å². The van der Waals surface area contributed by atoms with Gasteiger partial charge in [-0.15, -0.1) is 0 Å². The Labute approximate surface area is 175 Å². The maximum Gasteiger partial charge on any atom is 0.407 e. The second kappa shape index (κ2) is 9.91. The molecule has 0 heterocycles. The predicted octanol–water partition coefficient (Wildman–Crippen LogP) is 3.28. The van der Waals surface area contributed by atoms with Crippen molar-refractivity contribution in [3.8, 4) is 11.1 Å². The first-order valence-electron chi connectivity index (χ1n) is 10.1. The molecule has 0 saturated carbocycles. The van der Waals surface area contributed by atoms with Crippen molar-refractivity contribution in [2.75, 3.05) is 13.2 Å². The fourth-order valence-electron chi connectivity index (χ4n) is 3.65. The van der Waals surface area contributed by atoms with E-state index >= 15 is 0 Å². The number of hydrogen-bond acceptors (Lipinski definition) is 4. The fourth-order valence-corrected chi connectivity index (χ4v) is 3.65. The number of benzene rings is 2. The van der Waals surface area contributed by atoms with E-state index in [4.69, 9.17) is 9.84 Å². The Balaban J connectivity index is 1.48. The van der Waals surface area contributed by atoms with Crippen molar-refractivity contribution >= 4 is 18.0 Å². The summed E-state index contributed by atoms with van der Waals surface area (Å²) < 4.78 is 5.43. The van der Waals surface area contributed by atoms with Crippen LogP contribution in [0.3, 0.4) is 0 Å². The van der Waals surface area contributed by atoms with E-state index in [2.05, 4.69) is 22.8 Å². The number of aliphatic carboxylic acids is 1. The monoisotopic (exact) mass is 410 g/mol. The largest absolute Gasteiger partial charge is 0.481 e. The van der Waals surface area contributed by atoms with E-state index in [0.29, 0.717) is 19.4 Å². The molecule has 1 aliphatic rings. The molecule has 3 rings (SSSR count). The zero-order chi connectivity index (χ0) is 21.5. The first-order chi connectivity index (χ1) is 14.5. The van der Waals surface area contributed by atoms with Gasteiger partial charge < -0.3 is 20.5 Å². The average Bonchev–Trinajstić information content (AvgIpc) is 3.05. The number of fused-ring (bicyclic) bond motifs is 3. The molecule has 158 valence electrons. The van der Waals surface area contributed by atoms with Crippen LogP contribution in [0.2, 0.25) is 0 Å². The maximum atomic E-state index is 12.2. The number of amides is 2. The van der Waals surface area contributed by atoms with Gasteiger partial charge in [-0.25, -0.2) is 4.79 Å². The molecule has 0 spiro atoms. The normalized spacial score (nSPS) is 13.1. The Bertz CT molecular complexity index is 882. The van der Waals surface area contributed by atoms with E-state index in [1.807, 2.05) is 36.4 Å². The molecule has 7 heteroatoms. The van der Waals surface area contributed by atoms with Crippen LogP contribution in [0, 0.1) is 0 Å². The molecule has 0 unspecified atom stereocenters. The topological polar surface area (TPSA) is 105 Å². The third-order valence-corrected chi connectivity index (χ3v) is 5.19. The highest BCUT2D eigenvalue weighted by molar-refractivity contribution is 5.85. The van der Waals surface area contributed by atoms with Gasteiger partial charge in [0.1, 0.15) is 12.6 Å². The van der Waals surface area contributed by atoms with Crippen LogP contribution in [0.1, 0.15) is 43.2 Å². The summed E-state index contributed by atoms with van der Waals surface area (Å²) in [4.78, 5) is 34.7. The second-order valence-electron chi connectivity index (χ2n) is 7.33. The van der Waals surface area contributed by atoms with Crippen LogP contribution in [0.25, 0.3) is 11.1 Å². The minimum Gasteiger partial charge on any atom is -0.481 e. The number of rotatable bonds is 9. The number of unbranched alkanes of at least 4 members (excludes halogenated alkanes) is 1. The van der Waals surface area contributed by atoms with Crippen LogP contribution in [0.4, 0.5) is 4.79 Å². The Morgan fingerprint density at radius 2 is 1.60 bits per heavy atom. The number of nitrogens with one attached hydrogen (secondary N) is 2. The van der Waals surface area contributed by atoms with E-state index in [9.17, 15) is 14.4 Å². The Hall–Kier alpha value is -3.35. The van der Waals surface area contributed by atoms with Crippen molar-refractivity contribution in [2.24, 2.45) is 0 Å². The summed E-state index contributed by atoms with van der Waals surface area (Å²) in [5.74, 6) is -1.23. The van der Waals surface area contributed by atoms with Crippen molar-refractivity contribution in [2.45, 2.75) is 38.1 Å². The van der Waals surface area contributed by atoms with Crippen molar-refractivity contribution in [1.82, 2.24) is 10.6 Å². The first-order valence-corrected chi connectivity index (χ1v) is 10.1. The van der Waals surface area contributed by atoms with Gasteiger partial charge in [0.25, 0.3) is 0 Å². The Kier molecular flexibility index (Phi) is 7.06. The lowest BCUT2D eigenvalue weighted by molar-refractivity contribution is -0.137. The summed E-state index contributed by atoms with van der Waals surface area (Å²) in [5, 5.41) is 13.8. The van der Waals surface area contributed by atoms with Crippen molar-refractivity contribution < 1.29 is 24.2 Å². The van der Waals surface area contributed by atoms with Gasteiger partial charge in [0, 0.05) is 18.9 Å². The quantitative estimate of drug-likeness (QED) is 0.550. The molecule has 0 radical (unpaired) electrons. The third kappa shape index (κ3) is 5.17. The highest BCUT2D eigenvalue weighted by Gasteiger charge is 2.29. The maximum absolute atomic E-state index is 12.2. The van der Waals surface area contributed by atoms with Gasteiger partial charge in [0.15, 0.2) is 0 Å². The van der Waals surface area contributed by atoms with Crippen LogP contribution in [0.5, 0.6) is 0 Å². The molecule has 0 saturated heterocycles. The summed E-state index contributed by atoms with van der Waals surface area (Å²) in [6.45, 7) is 2.13. The second-order valence-corrected chi connectivity index (χ2v) is 7.33. The van der Waals surface area contributed by atoms with E-state index < -0.39 is 18.1 Å². The van der Waals surface area contributed by atoms with Crippen LogP contribution in [-0.2, 0) is 14.3 Å². The van der Waals surface area contributed by atoms with Crippen molar-refractivity contribution in [3.63, 3.8) is 0 Å². The molecule has 0 fully saturated rings. The molecule has 0 bridgehead atoms. The Morgan fingerprint density at radius 1 is 1.00 bits per heavy atom. The average molecular weight is 410 g/mol. The van der Waals surface area contributed by atoms with Gasteiger partial charge in [0.05, 0.1) is 0 Å². The number of carboxylic acids is 1. The molecule has 30 heavy (non-hydrogen) atoms. The minimum atomic E-state index is -0.855. The lowest BCUT2D eigenvalue weighted by Crippen LogP contribution is -2.45. The third-order valence-electron chi connectivity index (χ3n) is 5.19. The zero-order valence-corrected chi connectivity index (χ0v) is 16.9. The number of hydrogen-bond donors (Lipinski definition) is 3. The number of carbonyl (C=O) groups is 3. The number of carbonyl (C=O) groups excluding carboxylic acids is 2. The van der Waals surface area contributed by atoms with Gasteiger partial charge in [-0.3, -0.25) is 9.59 Å². The Morgan fingerprint density at radius 3 is 2.20 bits per heavy atom. The number of alkyl carbamates (subject to hydrolysis) is 1. The van der Waals surface area contributed by atoms with Crippen LogP contribution >= 0.6 is 0 Å². The lowest BCUT2D eigenvalue weighted by atomic mass is 9.98. The lowest BCUT2D eigenvalue weighted by Gasteiger charge is -2.17. The molecular weight excluding hydrogens is 384 g/mol. The first kappa shape index (κ1) is 21.4. The van der Waals surface area contributed by atoms with Gasteiger partial charge in [-0.2, -0.15) is 0 Å². The molecule has 0 aromatic heterocycles. The SMILES string of the molecule is C[C@@H](NC(=O)OCC1c2ccccc2-c2ccccc21)C(=O)NCCCCC(=O)O. The van der Waals surface area contributed by atoms with Crippen LogP contribution in [-0.4, -0.2) is 42.3 Å². The van der Waals surface area contributed by atoms with E-state index in [0.717, 1.165) is 22.3 Å². The standard InChI is InChI=1S/C23H26N2O5/c1-15(22(28)24-13-7-6-12-21(26)27)25-23(29)30-14-20-18-10-4-2-8-16(18)17-9-3-5-11-19(17)20/h2-5,8-11,15,20H,6-7,12-14H2,1H3,(H,24,28)(H,25,29)(H,26,27)/t15-/m1/s1. The molecule has 2 aromatic rings. The summed E-state index contributed by atoms with van der Waals surface area (Å²) in [6.07, 6.45) is 0.480. The number of ether oxygens (including phenoxy) is 1. The highest BCUT2D eigenvalue weighted by Crippen LogP contribution is 2.44. The van der Waals surface area contributed by atoms with Gasteiger partial charge in [0.2, 0.25) is 5.91 Å². The van der Waals surface area contributed by atoms with Crippen molar-refractivity contribution in [1.29, 1.82) is 0 Å². The summed E-state index contributed by atoms with van der Waals surface area (Å²) in [6, 6.07) is 15.4. The van der Waals surface area contributed by atoms with Crippen LogP contribution < -0.4 is 10.6 Å². The van der Waals surface area contributed by atoms with Gasteiger partial charge >= 0.3 is 12.1 Å². The van der Waals surface area contributed by atoms with Gasteiger partial charge in [-0.05, 0) is 42.0 Å².